The number of hydrogen-bond acceptors (Lipinski definition) is 4. The molecular weight excluding hydrogens is 387 g/mol. The third-order valence-electron chi connectivity index (χ3n) is 4.63. The van der Waals surface area contributed by atoms with Crippen LogP contribution < -0.4 is 15.4 Å². The molecule has 6 nitrogen and oxygen atoms in total. The van der Waals surface area contributed by atoms with E-state index in [9.17, 15) is 18.8 Å². The number of ether oxygens (including phenoxy) is 1. The fourth-order valence-corrected chi connectivity index (χ4v) is 3.32. The first kappa shape index (κ1) is 19.3. The number of carbonyl (C=O) groups is 3. The predicted molar refractivity (Wildman–Crippen MR) is 109 cm³/mol. The number of halogens is 1. The van der Waals surface area contributed by atoms with Gasteiger partial charge in [-0.05, 0) is 67.4 Å². The number of fused-ring (bicyclic) bond motifs is 1. The van der Waals surface area contributed by atoms with Crippen molar-refractivity contribution in [2.75, 3.05) is 5.32 Å². The van der Waals surface area contributed by atoms with Crippen LogP contribution in [0.4, 0.5) is 10.1 Å². The van der Waals surface area contributed by atoms with Gasteiger partial charge < -0.3 is 10.1 Å². The van der Waals surface area contributed by atoms with Gasteiger partial charge in [-0.3, -0.25) is 19.7 Å². The van der Waals surface area contributed by atoms with Crippen molar-refractivity contribution in [1.82, 2.24) is 5.32 Å². The minimum Gasteiger partial charge on any atom is -0.455 e. The van der Waals surface area contributed by atoms with Gasteiger partial charge in [-0.1, -0.05) is 12.1 Å². The summed E-state index contributed by atoms with van der Waals surface area (Å²) >= 11 is 0. The third kappa shape index (κ3) is 3.65. The lowest BCUT2D eigenvalue weighted by molar-refractivity contribution is 0.0879. The lowest BCUT2D eigenvalue weighted by Gasteiger charge is -2.14. The Bertz CT molecular complexity index is 1200. The van der Waals surface area contributed by atoms with Crippen LogP contribution in [0.25, 0.3) is 0 Å². The number of aryl methyl sites for hydroxylation is 2. The van der Waals surface area contributed by atoms with Gasteiger partial charge in [0.2, 0.25) is 0 Å². The second kappa shape index (κ2) is 7.44. The zero-order chi connectivity index (χ0) is 21.4. The first-order chi connectivity index (χ1) is 14.3. The van der Waals surface area contributed by atoms with Crippen LogP contribution in [0, 0.1) is 19.7 Å². The molecule has 1 aliphatic rings. The molecule has 3 amide bonds. The monoisotopic (exact) mass is 404 g/mol. The molecule has 0 saturated heterocycles. The van der Waals surface area contributed by atoms with Gasteiger partial charge in [0.25, 0.3) is 17.7 Å². The predicted octanol–water partition coefficient (Wildman–Crippen LogP) is 4.37. The van der Waals surface area contributed by atoms with Gasteiger partial charge in [-0.2, -0.15) is 0 Å². The Morgan fingerprint density at radius 3 is 2.37 bits per heavy atom. The van der Waals surface area contributed by atoms with E-state index in [2.05, 4.69) is 10.6 Å². The zero-order valence-electron chi connectivity index (χ0n) is 16.2. The summed E-state index contributed by atoms with van der Waals surface area (Å²) in [7, 11) is 0. The molecule has 150 valence electrons. The highest BCUT2D eigenvalue weighted by Gasteiger charge is 2.27. The second-order valence-corrected chi connectivity index (χ2v) is 7.04. The van der Waals surface area contributed by atoms with E-state index >= 15 is 0 Å². The molecular formula is C23H17FN2O4. The summed E-state index contributed by atoms with van der Waals surface area (Å²) in [6.07, 6.45) is 0. The lowest BCUT2D eigenvalue weighted by Crippen LogP contribution is -2.20. The number of amides is 3. The van der Waals surface area contributed by atoms with Crippen molar-refractivity contribution in [3.63, 3.8) is 0 Å². The Morgan fingerprint density at radius 2 is 1.63 bits per heavy atom. The summed E-state index contributed by atoms with van der Waals surface area (Å²) in [5.41, 5.74) is 2.26. The minimum atomic E-state index is -0.667. The molecule has 0 fully saturated rings. The Morgan fingerprint density at radius 1 is 0.933 bits per heavy atom. The highest BCUT2D eigenvalue weighted by Crippen LogP contribution is 2.33. The number of imide groups is 1. The van der Waals surface area contributed by atoms with Crippen LogP contribution in [0.5, 0.6) is 11.5 Å². The van der Waals surface area contributed by atoms with Crippen LogP contribution in [0.15, 0.2) is 54.6 Å². The average molecular weight is 404 g/mol. The highest BCUT2D eigenvalue weighted by molar-refractivity contribution is 6.22. The van der Waals surface area contributed by atoms with Crippen molar-refractivity contribution in [2.45, 2.75) is 13.8 Å². The minimum absolute atomic E-state index is 0.105. The van der Waals surface area contributed by atoms with Crippen LogP contribution in [-0.4, -0.2) is 17.7 Å². The summed E-state index contributed by atoms with van der Waals surface area (Å²) in [5, 5.41) is 4.67. The van der Waals surface area contributed by atoms with Crippen LogP contribution in [0.1, 0.15) is 42.2 Å². The Hall–Kier alpha value is -4.00. The van der Waals surface area contributed by atoms with Crippen LogP contribution in [0.2, 0.25) is 0 Å². The molecule has 1 heterocycles. The van der Waals surface area contributed by atoms with Gasteiger partial charge in [0.15, 0.2) is 11.6 Å². The van der Waals surface area contributed by atoms with E-state index in [1.807, 2.05) is 19.9 Å². The largest absolute Gasteiger partial charge is 0.455 e. The van der Waals surface area contributed by atoms with E-state index in [4.69, 9.17) is 4.74 Å². The summed E-state index contributed by atoms with van der Waals surface area (Å²) in [5.74, 6) is -1.74. The van der Waals surface area contributed by atoms with Crippen molar-refractivity contribution < 1.29 is 23.5 Å². The first-order valence-electron chi connectivity index (χ1n) is 9.17. The molecule has 0 atom stereocenters. The Kier molecular flexibility index (Phi) is 4.79. The second-order valence-electron chi connectivity index (χ2n) is 7.04. The molecule has 1 aliphatic heterocycles. The molecule has 0 aromatic heterocycles. The van der Waals surface area contributed by atoms with Crippen molar-refractivity contribution in [2.24, 2.45) is 0 Å². The molecule has 0 spiro atoms. The maximum atomic E-state index is 14.5. The fraction of sp³-hybridized carbons (Fsp3) is 0.0870. The number of hydrogen-bond donors (Lipinski definition) is 2. The fourth-order valence-electron chi connectivity index (χ4n) is 3.32. The number of nitrogens with one attached hydrogen (secondary N) is 2. The van der Waals surface area contributed by atoms with Gasteiger partial charge in [-0.25, -0.2) is 4.39 Å². The summed E-state index contributed by atoms with van der Waals surface area (Å²) in [6.45, 7) is 3.84. The quantitative estimate of drug-likeness (QED) is 0.633. The van der Waals surface area contributed by atoms with Gasteiger partial charge in [0.05, 0.1) is 11.1 Å². The molecule has 3 aromatic carbocycles. The molecule has 0 radical (unpaired) electrons. The number of rotatable bonds is 4. The van der Waals surface area contributed by atoms with Crippen LogP contribution >= 0.6 is 0 Å². The smallest absolute Gasteiger partial charge is 0.258 e. The highest BCUT2D eigenvalue weighted by atomic mass is 19.1. The molecule has 4 rings (SSSR count). The summed E-state index contributed by atoms with van der Waals surface area (Å²) < 4.78 is 20.3. The topological polar surface area (TPSA) is 84.5 Å². The zero-order valence-corrected chi connectivity index (χ0v) is 16.2. The van der Waals surface area contributed by atoms with Crippen molar-refractivity contribution in [3.8, 4) is 11.5 Å². The number of benzene rings is 3. The number of para-hydroxylation sites is 1. The molecule has 0 saturated carbocycles. The van der Waals surface area contributed by atoms with E-state index in [0.29, 0.717) is 5.75 Å². The Balaban J connectivity index is 1.64. The maximum Gasteiger partial charge on any atom is 0.258 e. The van der Waals surface area contributed by atoms with E-state index in [1.54, 1.807) is 18.2 Å². The molecule has 30 heavy (non-hydrogen) atoms. The van der Waals surface area contributed by atoms with Crippen molar-refractivity contribution >= 4 is 23.4 Å². The van der Waals surface area contributed by atoms with Gasteiger partial charge in [-0.15, -0.1) is 0 Å². The van der Waals surface area contributed by atoms with E-state index in [1.165, 1.54) is 30.3 Å². The molecule has 7 heteroatoms. The molecule has 0 unspecified atom stereocenters. The molecule has 3 aromatic rings. The van der Waals surface area contributed by atoms with Crippen LogP contribution in [-0.2, 0) is 0 Å². The maximum absolute atomic E-state index is 14.5. The standard InChI is InChI=1S/C23H17FN2O4/c1-12-8-13(2)10-15(9-12)30-19-5-3-4-18(24)20(19)25-21(27)14-6-7-16-17(11-14)23(29)26-22(16)28/h3-11H,1-2H3,(H,25,27)(H,26,28,29). The number of carbonyl (C=O) groups excluding carboxylic acids is 3. The summed E-state index contributed by atoms with van der Waals surface area (Å²) in [6, 6.07) is 13.9. The molecule has 0 aliphatic carbocycles. The third-order valence-corrected chi connectivity index (χ3v) is 4.63. The van der Waals surface area contributed by atoms with Crippen molar-refractivity contribution in [1.29, 1.82) is 0 Å². The van der Waals surface area contributed by atoms with Crippen molar-refractivity contribution in [3.05, 3.63) is 88.2 Å². The number of anilines is 1. The van der Waals surface area contributed by atoms with Gasteiger partial charge in [0, 0.05) is 5.56 Å². The summed E-state index contributed by atoms with van der Waals surface area (Å²) in [4.78, 5) is 36.2. The van der Waals surface area contributed by atoms with E-state index in [-0.39, 0.29) is 28.1 Å². The normalized spacial score (nSPS) is 12.4. The van der Waals surface area contributed by atoms with E-state index in [0.717, 1.165) is 11.1 Å². The SMILES string of the molecule is Cc1cc(C)cc(Oc2cccc(F)c2NC(=O)c2ccc3c(c2)C(=O)NC3=O)c1. The molecule has 2 N–H and O–H groups in total. The lowest BCUT2D eigenvalue weighted by atomic mass is 10.1. The van der Waals surface area contributed by atoms with E-state index < -0.39 is 23.5 Å². The van der Waals surface area contributed by atoms with Gasteiger partial charge >= 0.3 is 0 Å². The van der Waals surface area contributed by atoms with Crippen LogP contribution in [0.3, 0.4) is 0 Å². The van der Waals surface area contributed by atoms with Gasteiger partial charge in [0.1, 0.15) is 11.4 Å². The first-order valence-corrected chi connectivity index (χ1v) is 9.17. The Labute approximate surface area is 171 Å². The average Bonchev–Trinajstić information content (AvgIpc) is 2.97. The molecule has 0 bridgehead atoms.